The maximum atomic E-state index is 12.7. The van der Waals surface area contributed by atoms with Gasteiger partial charge < -0.3 is 9.47 Å². The van der Waals surface area contributed by atoms with Crippen LogP contribution in [0.15, 0.2) is 42.5 Å². The Morgan fingerprint density at radius 3 is 2.15 bits per heavy atom. The minimum atomic E-state index is -0.567. The number of halogens is 1. The van der Waals surface area contributed by atoms with E-state index in [4.69, 9.17) is 21.1 Å². The molecule has 2 aromatic rings. The molecule has 0 radical (unpaired) electrons. The largest absolute Gasteiger partial charge is 0.497 e. The molecular weight excluding hydrogens is 352 g/mol. The molecule has 0 amide bonds. The van der Waals surface area contributed by atoms with Crippen molar-refractivity contribution >= 4 is 23.2 Å². The van der Waals surface area contributed by atoms with Gasteiger partial charge in [-0.3, -0.25) is 9.59 Å². The highest BCUT2D eigenvalue weighted by Gasteiger charge is 2.26. The molecule has 0 spiro atoms. The Morgan fingerprint density at radius 2 is 1.62 bits per heavy atom. The summed E-state index contributed by atoms with van der Waals surface area (Å²) in [6, 6.07) is 12.1. The fraction of sp³-hybridized carbons (Fsp3) is 0.333. The van der Waals surface area contributed by atoms with E-state index in [0.29, 0.717) is 34.1 Å². The zero-order chi connectivity index (χ0) is 19.1. The molecule has 0 saturated carbocycles. The molecule has 0 saturated heterocycles. The summed E-state index contributed by atoms with van der Waals surface area (Å²) in [7, 11) is 3.13. The van der Waals surface area contributed by atoms with E-state index in [2.05, 4.69) is 0 Å². The van der Waals surface area contributed by atoms with Crippen LogP contribution in [-0.2, 0) is 4.79 Å². The average Bonchev–Trinajstić information content (AvgIpc) is 2.66. The molecule has 26 heavy (non-hydrogen) atoms. The number of benzene rings is 2. The molecule has 0 bridgehead atoms. The molecule has 0 heterocycles. The molecular formula is C21H23ClO4. The Labute approximate surface area is 159 Å². The third-order valence-corrected chi connectivity index (χ3v) is 4.60. The molecule has 138 valence electrons. The molecule has 2 aromatic carbocycles. The van der Waals surface area contributed by atoms with Crippen LogP contribution in [0.25, 0.3) is 0 Å². The van der Waals surface area contributed by atoms with Gasteiger partial charge in [-0.1, -0.05) is 24.6 Å². The molecule has 2 rings (SSSR count). The van der Waals surface area contributed by atoms with E-state index in [1.807, 2.05) is 6.92 Å². The van der Waals surface area contributed by atoms with Crippen molar-refractivity contribution in [3.05, 3.63) is 58.6 Å². The molecule has 0 aliphatic rings. The number of carbonyl (C=O) groups excluding carboxylic acids is 2. The normalized spacial score (nSPS) is 11.7. The number of methoxy groups -OCH3 is 2. The predicted octanol–water partition coefficient (Wildman–Crippen LogP) is 5.08. The first-order chi connectivity index (χ1) is 12.5. The molecule has 5 heteroatoms. The molecule has 0 fully saturated rings. The summed E-state index contributed by atoms with van der Waals surface area (Å²) < 4.78 is 10.3. The highest BCUT2D eigenvalue weighted by molar-refractivity contribution is 6.31. The van der Waals surface area contributed by atoms with E-state index in [1.165, 1.54) is 0 Å². The first-order valence-electron chi connectivity index (χ1n) is 8.53. The lowest BCUT2D eigenvalue weighted by molar-refractivity contribution is -0.120. The summed E-state index contributed by atoms with van der Waals surface area (Å²) in [6.07, 6.45) is 1.21. The minimum absolute atomic E-state index is 0.0152. The lowest BCUT2D eigenvalue weighted by Gasteiger charge is -2.18. The standard InChI is InChI=1S/C21H23ClO4/c1-4-5-20(23)18(17-11-10-16(26-3)12-19(17)22)13-21(24)14-6-8-15(25-2)9-7-14/h6-12,18H,4-5,13H2,1-3H3. The SMILES string of the molecule is CCCC(=O)C(CC(=O)c1ccc(OC)cc1)c1ccc(OC)cc1Cl. The molecule has 1 atom stereocenters. The van der Waals surface area contributed by atoms with Gasteiger partial charge in [0.15, 0.2) is 5.78 Å². The van der Waals surface area contributed by atoms with Gasteiger partial charge in [0, 0.05) is 23.4 Å². The van der Waals surface area contributed by atoms with Crippen LogP contribution in [0.5, 0.6) is 11.5 Å². The average molecular weight is 375 g/mol. The van der Waals surface area contributed by atoms with Crippen molar-refractivity contribution in [3.8, 4) is 11.5 Å². The van der Waals surface area contributed by atoms with E-state index in [1.54, 1.807) is 56.7 Å². The van der Waals surface area contributed by atoms with Gasteiger partial charge in [0.05, 0.1) is 20.1 Å². The summed E-state index contributed by atoms with van der Waals surface area (Å²) in [6.45, 7) is 1.94. The Hall–Kier alpha value is -2.33. The van der Waals surface area contributed by atoms with Gasteiger partial charge in [-0.05, 0) is 48.4 Å². The van der Waals surface area contributed by atoms with Crippen LogP contribution in [0.2, 0.25) is 5.02 Å². The van der Waals surface area contributed by atoms with Crippen molar-refractivity contribution in [1.29, 1.82) is 0 Å². The fourth-order valence-corrected chi connectivity index (χ4v) is 3.12. The van der Waals surface area contributed by atoms with E-state index in [-0.39, 0.29) is 18.0 Å². The van der Waals surface area contributed by atoms with Gasteiger partial charge in [-0.25, -0.2) is 0 Å². The molecule has 1 unspecified atom stereocenters. The van der Waals surface area contributed by atoms with Gasteiger partial charge in [0.2, 0.25) is 0 Å². The lowest BCUT2D eigenvalue weighted by atomic mass is 9.86. The van der Waals surface area contributed by atoms with Crippen LogP contribution in [0.4, 0.5) is 0 Å². The van der Waals surface area contributed by atoms with Gasteiger partial charge in [0.25, 0.3) is 0 Å². The number of ketones is 2. The summed E-state index contributed by atoms with van der Waals surface area (Å²) >= 11 is 6.36. The van der Waals surface area contributed by atoms with Crippen LogP contribution >= 0.6 is 11.6 Å². The maximum Gasteiger partial charge on any atom is 0.163 e. The molecule has 0 aliphatic carbocycles. The topological polar surface area (TPSA) is 52.6 Å². The van der Waals surface area contributed by atoms with Crippen molar-refractivity contribution in [2.75, 3.05) is 14.2 Å². The number of ether oxygens (including phenoxy) is 2. The molecule has 0 aliphatic heterocycles. The second-order valence-corrected chi connectivity index (χ2v) is 6.42. The number of rotatable bonds is 9. The monoisotopic (exact) mass is 374 g/mol. The molecule has 0 aromatic heterocycles. The number of carbonyl (C=O) groups is 2. The van der Waals surface area contributed by atoms with E-state index in [0.717, 1.165) is 6.42 Å². The zero-order valence-electron chi connectivity index (χ0n) is 15.3. The Morgan fingerprint density at radius 1 is 1.00 bits per heavy atom. The Kier molecular flexibility index (Phi) is 7.22. The van der Waals surface area contributed by atoms with E-state index < -0.39 is 5.92 Å². The van der Waals surface area contributed by atoms with Crippen molar-refractivity contribution in [1.82, 2.24) is 0 Å². The summed E-state index contributed by atoms with van der Waals surface area (Å²) in [5.74, 6) is 0.638. The highest BCUT2D eigenvalue weighted by atomic mass is 35.5. The third-order valence-electron chi connectivity index (χ3n) is 4.27. The zero-order valence-corrected chi connectivity index (χ0v) is 16.0. The van der Waals surface area contributed by atoms with Crippen molar-refractivity contribution in [3.63, 3.8) is 0 Å². The summed E-state index contributed by atoms with van der Waals surface area (Å²) in [5.41, 5.74) is 1.21. The smallest absolute Gasteiger partial charge is 0.163 e. The van der Waals surface area contributed by atoms with Crippen LogP contribution in [0, 0.1) is 0 Å². The second kappa shape index (κ2) is 9.39. The second-order valence-electron chi connectivity index (χ2n) is 6.01. The van der Waals surface area contributed by atoms with Crippen LogP contribution in [-0.4, -0.2) is 25.8 Å². The molecule has 0 N–H and O–H groups in total. The van der Waals surface area contributed by atoms with Crippen LogP contribution < -0.4 is 9.47 Å². The first-order valence-corrected chi connectivity index (χ1v) is 8.91. The first kappa shape index (κ1) is 20.0. The van der Waals surface area contributed by atoms with Gasteiger partial charge in [-0.15, -0.1) is 0 Å². The van der Waals surface area contributed by atoms with E-state index in [9.17, 15) is 9.59 Å². The Balaban J connectivity index is 2.29. The van der Waals surface area contributed by atoms with Gasteiger partial charge in [-0.2, -0.15) is 0 Å². The predicted molar refractivity (Wildman–Crippen MR) is 103 cm³/mol. The van der Waals surface area contributed by atoms with Crippen LogP contribution in [0.1, 0.15) is 48.0 Å². The van der Waals surface area contributed by atoms with Crippen molar-refractivity contribution in [2.45, 2.75) is 32.1 Å². The summed E-state index contributed by atoms with van der Waals surface area (Å²) in [5, 5.41) is 0.432. The minimum Gasteiger partial charge on any atom is -0.497 e. The quantitative estimate of drug-likeness (QED) is 0.574. The van der Waals surface area contributed by atoms with Crippen molar-refractivity contribution < 1.29 is 19.1 Å². The fourth-order valence-electron chi connectivity index (χ4n) is 2.82. The molecule has 4 nitrogen and oxygen atoms in total. The summed E-state index contributed by atoms with van der Waals surface area (Å²) in [4.78, 5) is 25.4. The van der Waals surface area contributed by atoms with Gasteiger partial charge >= 0.3 is 0 Å². The maximum absolute atomic E-state index is 12.7. The third kappa shape index (κ3) is 4.85. The Bertz CT molecular complexity index is 768. The lowest BCUT2D eigenvalue weighted by Crippen LogP contribution is -2.17. The van der Waals surface area contributed by atoms with Gasteiger partial charge in [0.1, 0.15) is 17.3 Å². The van der Waals surface area contributed by atoms with Crippen LogP contribution in [0.3, 0.4) is 0 Å². The van der Waals surface area contributed by atoms with E-state index >= 15 is 0 Å². The highest BCUT2D eigenvalue weighted by Crippen LogP contribution is 2.33. The number of hydrogen-bond acceptors (Lipinski definition) is 4. The number of hydrogen-bond donors (Lipinski definition) is 0. The van der Waals surface area contributed by atoms with Crippen molar-refractivity contribution in [2.24, 2.45) is 0 Å². The number of Topliss-reactive ketones (excluding diaryl/α,β-unsaturated/α-hetero) is 2.